The summed E-state index contributed by atoms with van der Waals surface area (Å²) in [5.74, 6) is 0.0457. The average Bonchev–Trinajstić information content (AvgIpc) is 3.22. The van der Waals surface area contributed by atoms with E-state index in [1.807, 2.05) is 32.8 Å². The van der Waals surface area contributed by atoms with Gasteiger partial charge < -0.3 is 15.1 Å². The lowest BCUT2D eigenvalue weighted by atomic mass is 10.3. The van der Waals surface area contributed by atoms with Crippen LogP contribution in [0.5, 0.6) is 0 Å². The van der Waals surface area contributed by atoms with E-state index in [2.05, 4.69) is 10.3 Å². The summed E-state index contributed by atoms with van der Waals surface area (Å²) in [4.78, 5) is 33.5. The Morgan fingerprint density at radius 3 is 2.45 bits per heavy atom. The number of aromatic nitrogens is 1. The van der Waals surface area contributed by atoms with Crippen molar-refractivity contribution >= 4 is 28.3 Å². The van der Waals surface area contributed by atoms with Crippen LogP contribution >= 0.6 is 11.3 Å². The lowest BCUT2D eigenvalue weighted by molar-refractivity contribution is -0.136. The van der Waals surface area contributed by atoms with Crippen LogP contribution in [-0.4, -0.2) is 60.3 Å². The van der Waals surface area contributed by atoms with Gasteiger partial charge in [-0.15, -0.1) is 11.3 Å². The van der Waals surface area contributed by atoms with Crippen LogP contribution in [0.15, 0.2) is 0 Å². The van der Waals surface area contributed by atoms with Gasteiger partial charge in [-0.3, -0.25) is 9.59 Å². The van der Waals surface area contributed by atoms with E-state index in [0.717, 1.165) is 30.0 Å². The van der Waals surface area contributed by atoms with Crippen molar-refractivity contribution in [2.45, 2.75) is 26.7 Å². The molecular weight excluding hydrogens is 300 g/mol. The maximum Gasteiger partial charge on any atom is 0.245 e. The second kappa shape index (κ2) is 7.19. The molecule has 0 saturated heterocycles. The van der Waals surface area contributed by atoms with E-state index >= 15 is 0 Å². The van der Waals surface area contributed by atoms with Crippen LogP contribution < -0.4 is 5.32 Å². The van der Waals surface area contributed by atoms with E-state index in [9.17, 15) is 9.59 Å². The zero-order valence-electron chi connectivity index (χ0n) is 13.7. The molecule has 2 amide bonds. The molecule has 1 aromatic rings. The second-order valence-corrected chi connectivity index (χ2v) is 7.25. The summed E-state index contributed by atoms with van der Waals surface area (Å²) < 4.78 is 0. The van der Waals surface area contributed by atoms with Gasteiger partial charge in [0.1, 0.15) is 0 Å². The third-order valence-corrected chi connectivity index (χ3v) is 4.65. The number of amides is 2. The van der Waals surface area contributed by atoms with Gasteiger partial charge in [-0.1, -0.05) is 0 Å². The number of carbonyl (C=O) groups excluding carboxylic acids is 2. The SMILES string of the molecule is Cc1nc(NC(=O)CN(CCN(C)C)C(=O)C2CC2)sc1C. The Labute approximate surface area is 135 Å². The number of nitrogens with one attached hydrogen (secondary N) is 1. The zero-order valence-corrected chi connectivity index (χ0v) is 14.5. The van der Waals surface area contributed by atoms with Crippen molar-refractivity contribution in [2.75, 3.05) is 39.0 Å². The molecule has 0 bridgehead atoms. The summed E-state index contributed by atoms with van der Waals surface area (Å²) in [6.45, 7) is 5.32. The molecule has 1 heterocycles. The molecule has 1 saturated carbocycles. The van der Waals surface area contributed by atoms with E-state index in [-0.39, 0.29) is 24.3 Å². The number of aryl methyl sites for hydroxylation is 2. The van der Waals surface area contributed by atoms with Crippen molar-refractivity contribution in [3.8, 4) is 0 Å². The van der Waals surface area contributed by atoms with Crippen LogP contribution in [0.25, 0.3) is 0 Å². The lowest BCUT2D eigenvalue weighted by Crippen LogP contribution is -2.42. The first-order chi connectivity index (χ1) is 10.4. The van der Waals surface area contributed by atoms with Crippen molar-refractivity contribution < 1.29 is 9.59 Å². The second-order valence-electron chi connectivity index (χ2n) is 6.05. The van der Waals surface area contributed by atoms with Crippen LogP contribution in [-0.2, 0) is 9.59 Å². The fraction of sp³-hybridized carbons (Fsp3) is 0.667. The molecule has 0 spiro atoms. The molecule has 1 N–H and O–H groups in total. The summed E-state index contributed by atoms with van der Waals surface area (Å²) >= 11 is 1.46. The minimum atomic E-state index is -0.179. The number of nitrogens with zero attached hydrogens (tertiary/aromatic N) is 3. The Bertz CT molecular complexity index is 532. The number of carbonyl (C=O) groups is 2. The summed E-state index contributed by atoms with van der Waals surface area (Å²) in [6, 6.07) is 0. The maximum absolute atomic E-state index is 12.3. The Hall–Kier alpha value is -1.47. The predicted octanol–water partition coefficient (Wildman–Crippen LogP) is 1.50. The summed E-state index contributed by atoms with van der Waals surface area (Å²) in [5.41, 5.74) is 0.929. The van der Waals surface area contributed by atoms with Crippen molar-refractivity contribution in [1.82, 2.24) is 14.8 Å². The largest absolute Gasteiger partial charge is 0.332 e. The fourth-order valence-corrected chi connectivity index (χ4v) is 2.87. The van der Waals surface area contributed by atoms with E-state index in [1.54, 1.807) is 4.90 Å². The van der Waals surface area contributed by atoms with Gasteiger partial charge in [0, 0.05) is 23.9 Å². The van der Waals surface area contributed by atoms with E-state index < -0.39 is 0 Å². The first-order valence-corrected chi connectivity index (χ1v) is 8.36. The smallest absolute Gasteiger partial charge is 0.245 e. The van der Waals surface area contributed by atoms with Gasteiger partial charge in [-0.05, 0) is 40.8 Å². The molecule has 1 aliphatic carbocycles. The minimum absolute atomic E-state index is 0.0981. The number of anilines is 1. The Balaban J connectivity index is 1.92. The highest BCUT2D eigenvalue weighted by Gasteiger charge is 2.34. The zero-order chi connectivity index (χ0) is 16.3. The molecule has 2 rings (SSSR count). The van der Waals surface area contributed by atoms with Gasteiger partial charge in [-0.25, -0.2) is 4.98 Å². The highest BCUT2D eigenvalue weighted by Crippen LogP contribution is 2.31. The fourth-order valence-electron chi connectivity index (χ4n) is 2.03. The van der Waals surface area contributed by atoms with Gasteiger partial charge in [0.2, 0.25) is 11.8 Å². The van der Waals surface area contributed by atoms with E-state index in [1.165, 1.54) is 11.3 Å². The molecule has 0 aliphatic heterocycles. The quantitative estimate of drug-likeness (QED) is 0.825. The Morgan fingerprint density at radius 1 is 1.27 bits per heavy atom. The number of thiazole rings is 1. The molecule has 1 fully saturated rings. The normalized spacial score (nSPS) is 14.2. The van der Waals surface area contributed by atoms with Gasteiger partial charge in [-0.2, -0.15) is 0 Å². The number of likely N-dealkylation sites (N-methyl/N-ethyl adjacent to an activating group) is 1. The van der Waals surface area contributed by atoms with Crippen molar-refractivity contribution in [1.29, 1.82) is 0 Å². The molecule has 7 heteroatoms. The van der Waals surface area contributed by atoms with E-state index in [0.29, 0.717) is 11.7 Å². The van der Waals surface area contributed by atoms with Crippen molar-refractivity contribution in [3.05, 3.63) is 10.6 Å². The molecule has 0 atom stereocenters. The molecule has 0 unspecified atom stereocenters. The maximum atomic E-state index is 12.3. The average molecular weight is 324 g/mol. The third kappa shape index (κ3) is 4.78. The van der Waals surface area contributed by atoms with Crippen LogP contribution in [0.2, 0.25) is 0 Å². The number of hydrogen-bond acceptors (Lipinski definition) is 5. The molecular formula is C15H24N4O2S. The van der Waals surface area contributed by atoms with Crippen LogP contribution in [0, 0.1) is 19.8 Å². The number of hydrogen-bond donors (Lipinski definition) is 1. The summed E-state index contributed by atoms with van der Waals surface area (Å²) in [7, 11) is 3.92. The van der Waals surface area contributed by atoms with Gasteiger partial charge >= 0.3 is 0 Å². The van der Waals surface area contributed by atoms with Crippen molar-refractivity contribution in [3.63, 3.8) is 0 Å². The Morgan fingerprint density at radius 2 is 1.95 bits per heavy atom. The van der Waals surface area contributed by atoms with Crippen LogP contribution in [0.3, 0.4) is 0 Å². The molecule has 0 aromatic carbocycles. The minimum Gasteiger partial charge on any atom is -0.332 e. The van der Waals surface area contributed by atoms with Crippen LogP contribution in [0.4, 0.5) is 5.13 Å². The predicted molar refractivity (Wildman–Crippen MR) is 88.1 cm³/mol. The molecule has 6 nitrogen and oxygen atoms in total. The first kappa shape index (κ1) is 16.9. The topological polar surface area (TPSA) is 65.5 Å². The summed E-state index contributed by atoms with van der Waals surface area (Å²) in [6.07, 6.45) is 1.90. The number of rotatable bonds is 7. The van der Waals surface area contributed by atoms with Gasteiger partial charge in [0.05, 0.1) is 12.2 Å². The first-order valence-electron chi connectivity index (χ1n) is 7.54. The molecule has 0 radical (unpaired) electrons. The third-order valence-electron chi connectivity index (χ3n) is 3.66. The highest BCUT2D eigenvalue weighted by atomic mass is 32.1. The summed E-state index contributed by atoms with van der Waals surface area (Å²) in [5, 5.41) is 3.40. The standard InChI is InChI=1S/C15H24N4O2S/c1-10-11(2)22-15(16-10)17-13(20)9-19(8-7-18(3)4)14(21)12-5-6-12/h12H,5-9H2,1-4H3,(H,16,17,20). The molecule has 122 valence electrons. The van der Waals surface area contributed by atoms with Gasteiger partial charge in [0.25, 0.3) is 0 Å². The molecule has 1 aliphatic rings. The lowest BCUT2D eigenvalue weighted by Gasteiger charge is -2.23. The van der Waals surface area contributed by atoms with Crippen LogP contribution in [0.1, 0.15) is 23.4 Å². The van der Waals surface area contributed by atoms with E-state index in [4.69, 9.17) is 0 Å². The molecule has 22 heavy (non-hydrogen) atoms. The van der Waals surface area contributed by atoms with Crippen molar-refractivity contribution in [2.24, 2.45) is 5.92 Å². The van der Waals surface area contributed by atoms with Gasteiger partial charge in [0.15, 0.2) is 5.13 Å². The monoisotopic (exact) mass is 324 g/mol. The Kier molecular flexibility index (Phi) is 5.52. The highest BCUT2D eigenvalue weighted by molar-refractivity contribution is 7.15. The molecule has 1 aromatic heterocycles.